The van der Waals surface area contributed by atoms with E-state index in [1.54, 1.807) is 0 Å². The average Bonchev–Trinajstić information content (AvgIpc) is 2.25. The number of carbonyl (C=O) groups is 1. The van der Waals surface area contributed by atoms with E-state index in [0.29, 0.717) is 17.3 Å². The Morgan fingerprint density at radius 1 is 1.33 bits per heavy atom. The summed E-state index contributed by atoms with van der Waals surface area (Å²) < 4.78 is 24.4. The van der Waals surface area contributed by atoms with Crippen molar-refractivity contribution in [2.24, 2.45) is 28.6 Å². The SMILES string of the molecule is CC1(C)C2CC3CC1CC(COS(=O)O)(C2)C3=O. The van der Waals surface area contributed by atoms with E-state index in [4.69, 9.17) is 8.74 Å². The Morgan fingerprint density at radius 3 is 2.39 bits per heavy atom. The lowest BCUT2D eigenvalue weighted by atomic mass is 9.41. The second-order valence-electron chi connectivity index (χ2n) is 6.92. The van der Waals surface area contributed by atoms with Gasteiger partial charge >= 0.3 is 11.4 Å². The van der Waals surface area contributed by atoms with Crippen molar-refractivity contribution in [2.75, 3.05) is 6.61 Å². The highest BCUT2D eigenvalue weighted by molar-refractivity contribution is 7.74. The fourth-order valence-corrected chi connectivity index (χ4v) is 4.97. The van der Waals surface area contributed by atoms with Crippen LogP contribution in [0.15, 0.2) is 0 Å². The van der Waals surface area contributed by atoms with E-state index >= 15 is 0 Å². The van der Waals surface area contributed by atoms with Crippen molar-refractivity contribution in [1.29, 1.82) is 0 Å². The van der Waals surface area contributed by atoms with Gasteiger partial charge in [0, 0.05) is 5.92 Å². The van der Waals surface area contributed by atoms with Crippen LogP contribution in [0, 0.1) is 28.6 Å². The minimum Gasteiger partial charge on any atom is -0.299 e. The molecule has 4 saturated carbocycles. The molecule has 0 spiro atoms. The van der Waals surface area contributed by atoms with Crippen LogP contribution >= 0.6 is 0 Å². The zero-order valence-electron chi connectivity index (χ0n) is 10.8. The topological polar surface area (TPSA) is 63.6 Å². The molecule has 4 aliphatic rings. The molecule has 18 heavy (non-hydrogen) atoms. The fourth-order valence-electron chi connectivity index (χ4n) is 4.64. The van der Waals surface area contributed by atoms with E-state index in [9.17, 15) is 9.00 Å². The molecule has 4 rings (SSSR count). The lowest BCUT2D eigenvalue weighted by Gasteiger charge is -2.62. The summed E-state index contributed by atoms with van der Waals surface area (Å²) >= 11 is -2.26. The first-order valence-electron chi connectivity index (χ1n) is 6.63. The molecular formula is C13H20O4S. The number of rotatable bonds is 3. The highest BCUT2D eigenvalue weighted by atomic mass is 32.2. The first-order valence-corrected chi connectivity index (χ1v) is 7.67. The van der Waals surface area contributed by atoms with Crippen molar-refractivity contribution < 1.29 is 17.7 Å². The first kappa shape index (κ1) is 12.8. The molecule has 0 aromatic rings. The van der Waals surface area contributed by atoms with E-state index < -0.39 is 16.8 Å². The average molecular weight is 272 g/mol. The lowest BCUT2D eigenvalue weighted by Crippen LogP contribution is -2.61. The van der Waals surface area contributed by atoms with Crippen LogP contribution < -0.4 is 0 Å². The molecule has 4 bridgehead atoms. The minimum absolute atomic E-state index is 0.120. The largest absolute Gasteiger partial charge is 0.301 e. The third kappa shape index (κ3) is 1.63. The molecule has 3 atom stereocenters. The lowest BCUT2D eigenvalue weighted by molar-refractivity contribution is -0.174. The molecule has 0 amide bonds. The van der Waals surface area contributed by atoms with E-state index in [1.807, 2.05) is 0 Å². The molecule has 4 aliphatic carbocycles. The van der Waals surface area contributed by atoms with Crippen LogP contribution in [0.1, 0.15) is 39.5 Å². The normalized spacial score (nSPS) is 46.4. The molecule has 1 N–H and O–H groups in total. The number of carbonyl (C=O) groups excluding carboxylic acids is 1. The standard InChI is InChI=1S/C13H20O4S/c1-12(2)9-3-8-4-10(12)6-13(5-9,11(8)14)7-17-18(15)16/h8-10H,3-7H2,1-2H3,(H,15,16). The summed E-state index contributed by atoms with van der Waals surface area (Å²) in [7, 11) is 0. The van der Waals surface area contributed by atoms with Crippen molar-refractivity contribution in [1.82, 2.24) is 0 Å². The van der Waals surface area contributed by atoms with Crippen LogP contribution in [0.3, 0.4) is 0 Å². The third-order valence-corrected chi connectivity index (χ3v) is 6.17. The Kier molecular flexibility index (Phi) is 2.74. The van der Waals surface area contributed by atoms with Gasteiger partial charge in [0.25, 0.3) is 0 Å². The van der Waals surface area contributed by atoms with E-state index in [-0.39, 0.29) is 18.3 Å². The van der Waals surface area contributed by atoms with Gasteiger partial charge in [0.15, 0.2) is 0 Å². The molecule has 0 saturated heterocycles. The summed E-state index contributed by atoms with van der Waals surface area (Å²) in [6.07, 6.45) is 3.69. The molecular weight excluding hydrogens is 252 g/mol. The van der Waals surface area contributed by atoms with Gasteiger partial charge in [0.05, 0.1) is 12.0 Å². The highest BCUT2D eigenvalue weighted by Crippen LogP contribution is 2.65. The summed E-state index contributed by atoms with van der Waals surface area (Å²) in [6, 6.07) is 0. The summed E-state index contributed by atoms with van der Waals surface area (Å²) in [5, 5.41) is 0. The number of ketones is 1. The quantitative estimate of drug-likeness (QED) is 0.800. The maximum atomic E-state index is 12.5. The molecule has 4 fully saturated rings. The van der Waals surface area contributed by atoms with E-state index in [0.717, 1.165) is 25.7 Å². The second kappa shape index (κ2) is 3.87. The van der Waals surface area contributed by atoms with Gasteiger partial charge in [-0.3, -0.25) is 13.5 Å². The van der Waals surface area contributed by atoms with Crippen LogP contribution in [0.4, 0.5) is 0 Å². The van der Waals surface area contributed by atoms with Crippen LogP contribution in [0.2, 0.25) is 0 Å². The van der Waals surface area contributed by atoms with Crippen LogP contribution in [-0.4, -0.2) is 21.2 Å². The predicted octanol–water partition coefficient (Wildman–Crippen LogP) is 2.17. The van der Waals surface area contributed by atoms with Gasteiger partial charge in [0.1, 0.15) is 5.78 Å². The minimum atomic E-state index is -2.26. The van der Waals surface area contributed by atoms with Gasteiger partial charge in [-0.1, -0.05) is 13.8 Å². The summed E-state index contributed by atoms with van der Waals surface area (Å²) in [5.74, 6) is 1.58. The van der Waals surface area contributed by atoms with Crippen LogP contribution in [0.25, 0.3) is 0 Å². The second-order valence-corrected chi connectivity index (χ2v) is 7.59. The van der Waals surface area contributed by atoms with Crippen LogP contribution in [-0.2, 0) is 20.3 Å². The Morgan fingerprint density at radius 2 is 1.89 bits per heavy atom. The smallest absolute Gasteiger partial charge is 0.299 e. The molecule has 3 unspecified atom stereocenters. The molecule has 5 heteroatoms. The molecule has 0 aliphatic heterocycles. The first-order chi connectivity index (χ1) is 8.35. The maximum absolute atomic E-state index is 12.5. The Bertz CT molecular complexity index is 399. The summed E-state index contributed by atoms with van der Waals surface area (Å²) in [4.78, 5) is 12.5. The Hall–Kier alpha value is -0.260. The van der Waals surface area contributed by atoms with Crippen molar-refractivity contribution in [2.45, 2.75) is 39.5 Å². The van der Waals surface area contributed by atoms with Gasteiger partial charge < -0.3 is 0 Å². The zero-order valence-corrected chi connectivity index (χ0v) is 11.7. The zero-order chi connectivity index (χ0) is 13.1. The van der Waals surface area contributed by atoms with Crippen molar-refractivity contribution in [3.8, 4) is 0 Å². The Balaban J connectivity index is 1.88. The fraction of sp³-hybridized carbons (Fsp3) is 0.923. The molecule has 4 nitrogen and oxygen atoms in total. The number of Topliss-reactive ketones (excluding diaryl/α,β-unsaturated/α-hetero) is 1. The summed E-state index contributed by atoms with van der Waals surface area (Å²) in [5.41, 5.74) is -0.163. The number of hydrogen-bond acceptors (Lipinski definition) is 3. The Labute approximate surface area is 110 Å². The van der Waals surface area contributed by atoms with Gasteiger partial charge in [0.2, 0.25) is 0 Å². The van der Waals surface area contributed by atoms with Gasteiger partial charge in [-0.05, 0) is 42.9 Å². The molecule has 0 heterocycles. The molecule has 0 aromatic carbocycles. The molecule has 0 radical (unpaired) electrons. The van der Waals surface area contributed by atoms with Crippen molar-refractivity contribution >= 4 is 17.1 Å². The van der Waals surface area contributed by atoms with E-state index in [1.165, 1.54) is 0 Å². The molecule has 0 aromatic heterocycles. The van der Waals surface area contributed by atoms with Gasteiger partial charge in [-0.15, -0.1) is 0 Å². The van der Waals surface area contributed by atoms with Crippen molar-refractivity contribution in [3.63, 3.8) is 0 Å². The van der Waals surface area contributed by atoms with Gasteiger partial charge in [-0.2, -0.15) is 4.21 Å². The maximum Gasteiger partial charge on any atom is 0.301 e. The van der Waals surface area contributed by atoms with Gasteiger partial charge in [-0.25, -0.2) is 0 Å². The van der Waals surface area contributed by atoms with Crippen molar-refractivity contribution in [3.05, 3.63) is 0 Å². The third-order valence-electron chi connectivity index (χ3n) is 5.85. The highest BCUT2D eigenvalue weighted by Gasteiger charge is 2.62. The van der Waals surface area contributed by atoms with Crippen LogP contribution in [0.5, 0.6) is 0 Å². The summed E-state index contributed by atoms with van der Waals surface area (Å²) in [6.45, 7) is 4.74. The number of hydrogen-bond donors (Lipinski definition) is 1. The predicted molar refractivity (Wildman–Crippen MR) is 66.9 cm³/mol. The molecule has 102 valence electrons. The monoisotopic (exact) mass is 272 g/mol. The van der Waals surface area contributed by atoms with E-state index in [2.05, 4.69) is 13.8 Å².